The fraction of sp³-hybridized carbons (Fsp3) is 0.457. The zero-order valence-corrected chi connectivity index (χ0v) is 34.5. The van der Waals surface area contributed by atoms with Crippen LogP contribution in [0.1, 0.15) is 127 Å². The van der Waals surface area contributed by atoms with Crippen LogP contribution in [-0.4, -0.2) is 53.4 Å². The van der Waals surface area contributed by atoms with Crippen molar-refractivity contribution < 1.29 is 33.4 Å². The Bertz CT molecular complexity index is 2110. The van der Waals surface area contributed by atoms with E-state index in [1.807, 2.05) is 41.8 Å². The van der Waals surface area contributed by atoms with E-state index in [-0.39, 0.29) is 45.7 Å². The highest BCUT2D eigenvalue weighted by Crippen LogP contribution is 2.59. The van der Waals surface area contributed by atoms with Crippen LogP contribution in [0.3, 0.4) is 0 Å². The minimum atomic E-state index is -1.11. The molecule has 10 nitrogen and oxygen atoms in total. The summed E-state index contributed by atoms with van der Waals surface area (Å²) >= 11 is 1.47. The summed E-state index contributed by atoms with van der Waals surface area (Å²) in [5.74, 6) is -0.603. The van der Waals surface area contributed by atoms with E-state index in [9.17, 15) is 24.0 Å². The Morgan fingerprint density at radius 3 is 1.86 bits per heavy atom. The number of anilines is 1. The number of esters is 2. The van der Waals surface area contributed by atoms with Gasteiger partial charge in [-0.15, -0.1) is 11.3 Å². The number of hydrogen-bond acceptors (Lipinski definition) is 8. The van der Waals surface area contributed by atoms with E-state index in [4.69, 9.17) is 9.47 Å². The molecule has 4 aliphatic carbocycles. The van der Waals surface area contributed by atoms with Gasteiger partial charge in [-0.2, -0.15) is 0 Å². The van der Waals surface area contributed by atoms with Crippen molar-refractivity contribution in [3.63, 3.8) is 0 Å². The van der Waals surface area contributed by atoms with E-state index in [2.05, 4.69) is 16.0 Å². The lowest BCUT2D eigenvalue weighted by molar-refractivity contribution is -0.118. The quantitative estimate of drug-likeness (QED) is 0.129. The number of hydrogen-bond donors (Lipinski definition) is 3. The number of ether oxygens (including phenoxy) is 2. The van der Waals surface area contributed by atoms with E-state index in [0.717, 1.165) is 52.7 Å². The van der Waals surface area contributed by atoms with Crippen molar-refractivity contribution in [2.75, 3.05) is 11.9 Å². The summed E-state index contributed by atoms with van der Waals surface area (Å²) in [4.78, 5) is 69.2. The Kier molecular flexibility index (Phi) is 11.1. The van der Waals surface area contributed by atoms with Crippen molar-refractivity contribution in [3.05, 3.63) is 99.9 Å². The maximum Gasteiger partial charge on any atom is 0.338 e. The van der Waals surface area contributed by atoms with Crippen LogP contribution >= 0.6 is 11.3 Å². The Morgan fingerprint density at radius 2 is 1.30 bits per heavy atom. The molecule has 300 valence electrons. The highest BCUT2D eigenvalue weighted by Gasteiger charge is 2.50. The van der Waals surface area contributed by atoms with Crippen molar-refractivity contribution in [1.29, 1.82) is 0 Å². The Labute approximate surface area is 338 Å². The molecule has 4 aliphatic rings. The molecule has 11 heteroatoms. The molecule has 4 bridgehead atoms. The van der Waals surface area contributed by atoms with Crippen molar-refractivity contribution in [3.8, 4) is 0 Å². The molecule has 0 radical (unpaired) electrons. The third-order valence-corrected chi connectivity index (χ3v) is 12.1. The van der Waals surface area contributed by atoms with Gasteiger partial charge in [0.05, 0.1) is 22.3 Å². The molecule has 4 aromatic rings. The maximum absolute atomic E-state index is 14.4. The highest BCUT2D eigenvalue weighted by molar-refractivity contribution is 7.17. The fourth-order valence-electron chi connectivity index (χ4n) is 9.39. The normalized spacial score (nSPS) is 21.8. The van der Waals surface area contributed by atoms with Gasteiger partial charge in [0.25, 0.3) is 11.8 Å². The van der Waals surface area contributed by atoms with E-state index < -0.39 is 41.0 Å². The molecule has 3 aromatic carbocycles. The van der Waals surface area contributed by atoms with Crippen LogP contribution in [0, 0.1) is 23.2 Å². The average Bonchev–Trinajstić information content (AvgIpc) is 3.59. The smallest absolute Gasteiger partial charge is 0.338 e. The first-order valence-electron chi connectivity index (χ1n) is 20.0. The van der Waals surface area contributed by atoms with Crippen molar-refractivity contribution >= 4 is 56.8 Å². The second-order valence-electron chi connectivity index (χ2n) is 18.5. The predicted molar refractivity (Wildman–Crippen MR) is 222 cm³/mol. The van der Waals surface area contributed by atoms with Gasteiger partial charge in [0.15, 0.2) is 0 Å². The molecule has 4 fully saturated rings. The molecule has 1 heterocycles. The summed E-state index contributed by atoms with van der Waals surface area (Å²) in [6, 6.07) is 17.8. The average molecular weight is 792 g/mol. The van der Waals surface area contributed by atoms with Gasteiger partial charge in [0.2, 0.25) is 5.91 Å². The minimum absolute atomic E-state index is 0.0423. The van der Waals surface area contributed by atoms with Gasteiger partial charge in [0.1, 0.15) is 17.2 Å². The molecule has 0 aliphatic heterocycles. The number of benzene rings is 3. The highest BCUT2D eigenvalue weighted by atomic mass is 32.1. The molecule has 8 rings (SSSR count). The second kappa shape index (κ2) is 15.7. The molecule has 4 saturated carbocycles. The first kappa shape index (κ1) is 40.2. The number of fused-ring (bicyclic) bond motifs is 1. The Balaban J connectivity index is 1.16. The van der Waals surface area contributed by atoms with E-state index in [1.165, 1.54) is 48.8 Å². The number of amides is 3. The molecule has 3 amide bonds. The number of carbonyl (C=O) groups excluding carboxylic acids is 5. The Hall–Kier alpha value is -5.03. The van der Waals surface area contributed by atoms with Gasteiger partial charge in [-0.05, 0) is 156 Å². The number of carbonyl (C=O) groups is 5. The van der Waals surface area contributed by atoms with Crippen LogP contribution in [0.25, 0.3) is 10.1 Å². The first-order valence-corrected chi connectivity index (χ1v) is 20.9. The largest absolute Gasteiger partial charge is 0.456 e. The molecular formula is C46H53N3O7S. The Morgan fingerprint density at radius 1 is 0.737 bits per heavy atom. The molecule has 1 atom stereocenters. The van der Waals surface area contributed by atoms with Crippen LogP contribution < -0.4 is 16.0 Å². The molecule has 0 spiro atoms. The van der Waals surface area contributed by atoms with Gasteiger partial charge < -0.3 is 25.4 Å². The van der Waals surface area contributed by atoms with Gasteiger partial charge in [-0.1, -0.05) is 30.3 Å². The summed E-state index contributed by atoms with van der Waals surface area (Å²) in [5.41, 5.74) is -0.0664. The summed E-state index contributed by atoms with van der Waals surface area (Å²) < 4.78 is 12.0. The van der Waals surface area contributed by atoms with Crippen LogP contribution in [0.15, 0.2) is 72.1 Å². The second-order valence-corrected chi connectivity index (χ2v) is 19.4. The van der Waals surface area contributed by atoms with Gasteiger partial charge in [0, 0.05) is 23.4 Å². The van der Waals surface area contributed by atoms with Crippen LogP contribution in [0.4, 0.5) is 5.69 Å². The first-order chi connectivity index (χ1) is 26.9. The minimum Gasteiger partial charge on any atom is -0.456 e. The lowest BCUT2D eigenvalue weighted by atomic mass is 9.49. The standard InChI is InChI=1S/C46H53N3O7S/c1-44(2,3)55-42(53)32-18-33(43(54)56-45(4,5)6)20-34(19-32)48-41(52)37(17-27-10-8-7-9-11-27)49-40(51)36-22-38-31(12-13-57-38)21-35(36)39(50)47-26-46-23-28-14-29(24-46)16-30(15-28)25-46/h7-13,18-22,28-30,37H,14-17,23-26H2,1-6H3,(H,47,50)(H,48,52)(H,49,51)/t28?,29?,30?,37-,46?/m0/s1. The molecular weight excluding hydrogens is 739 g/mol. The summed E-state index contributed by atoms with van der Waals surface area (Å²) in [5, 5.41) is 11.8. The van der Waals surface area contributed by atoms with E-state index in [1.54, 1.807) is 53.7 Å². The fourth-order valence-corrected chi connectivity index (χ4v) is 10.2. The molecule has 1 aromatic heterocycles. The number of nitrogens with one attached hydrogen (secondary N) is 3. The monoisotopic (exact) mass is 791 g/mol. The SMILES string of the molecule is CC(C)(C)OC(=O)c1cc(NC(=O)[C@H](Cc2ccccc2)NC(=O)c2cc3sccc3cc2C(=O)NCC23CC4CC(CC(C4)C2)C3)cc(C(=O)OC(C)(C)C)c1. The van der Waals surface area contributed by atoms with Gasteiger partial charge in [-0.25, -0.2) is 9.59 Å². The van der Waals surface area contributed by atoms with Crippen LogP contribution in [0.2, 0.25) is 0 Å². The van der Waals surface area contributed by atoms with E-state index >= 15 is 0 Å². The van der Waals surface area contributed by atoms with Gasteiger partial charge >= 0.3 is 11.9 Å². The zero-order chi connectivity index (χ0) is 40.7. The summed E-state index contributed by atoms with van der Waals surface area (Å²) in [6.45, 7) is 11.0. The number of thiophene rings is 1. The molecule has 57 heavy (non-hydrogen) atoms. The van der Waals surface area contributed by atoms with E-state index in [0.29, 0.717) is 6.54 Å². The third kappa shape index (κ3) is 9.75. The lowest BCUT2D eigenvalue weighted by Gasteiger charge is -2.56. The molecule has 0 saturated heterocycles. The lowest BCUT2D eigenvalue weighted by Crippen LogP contribution is -2.51. The molecule has 0 unspecified atom stereocenters. The van der Waals surface area contributed by atoms with Crippen LogP contribution in [-0.2, 0) is 20.7 Å². The van der Waals surface area contributed by atoms with Crippen LogP contribution in [0.5, 0.6) is 0 Å². The van der Waals surface area contributed by atoms with Gasteiger partial charge in [-0.3, -0.25) is 14.4 Å². The summed E-state index contributed by atoms with van der Waals surface area (Å²) in [6.07, 6.45) is 7.49. The topological polar surface area (TPSA) is 140 Å². The maximum atomic E-state index is 14.4. The zero-order valence-electron chi connectivity index (χ0n) is 33.7. The molecule has 3 N–H and O–H groups in total. The predicted octanol–water partition coefficient (Wildman–Crippen LogP) is 8.74. The third-order valence-electron chi connectivity index (χ3n) is 11.2. The van der Waals surface area contributed by atoms with Crippen molar-refractivity contribution in [2.45, 2.75) is 104 Å². The van der Waals surface area contributed by atoms with Crippen molar-refractivity contribution in [2.24, 2.45) is 23.2 Å². The number of rotatable bonds is 11. The summed E-state index contributed by atoms with van der Waals surface area (Å²) in [7, 11) is 0. The van der Waals surface area contributed by atoms with Crippen molar-refractivity contribution in [1.82, 2.24) is 10.6 Å².